The Labute approximate surface area is 110 Å². The Morgan fingerprint density at radius 2 is 2.17 bits per heavy atom. The molecule has 0 bridgehead atoms. The van der Waals surface area contributed by atoms with Crippen LogP contribution in [0.5, 0.6) is 0 Å². The molecular weight excluding hydrogens is 228 g/mol. The Hall–Kier alpha value is -0.770. The minimum absolute atomic E-state index is 0.0608. The Morgan fingerprint density at radius 1 is 1.44 bits per heavy atom. The first kappa shape index (κ1) is 13.7. The maximum Gasteiger partial charge on any atom is 0.317 e. The first-order valence-corrected chi connectivity index (χ1v) is 7.33. The molecular formula is C14H26N2O2. The Balaban J connectivity index is 1.78. The van der Waals surface area contributed by atoms with Crippen molar-refractivity contribution in [1.29, 1.82) is 0 Å². The van der Waals surface area contributed by atoms with E-state index >= 15 is 0 Å². The number of likely N-dealkylation sites (tertiary alicyclic amines) is 1. The summed E-state index contributed by atoms with van der Waals surface area (Å²) in [5.74, 6) is 0.280. The van der Waals surface area contributed by atoms with Gasteiger partial charge in [0.15, 0.2) is 0 Å². The van der Waals surface area contributed by atoms with Crippen LogP contribution in [0.25, 0.3) is 0 Å². The molecule has 4 nitrogen and oxygen atoms in total. The fourth-order valence-corrected chi connectivity index (χ4v) is 3.32. The van der Waals surface area contributed by atoms with Crippen LogP contribution >= 0.6 is 0 Å². The molecule has 0 aromatic heterocycles. The fraction of sp³-hybridized carbons (Fsp3) is 0.929. The third kappa shape index (κ3) is 2.97. The molecule has 0 spiro atoms. The van der Waals surface area contributed by atoms with E-state index in [1.807, 2.05) is 4.90 Å². The Bertz CT molecular complexity index is 288. The van der Waals surface area contributed by atoms with Crippen molar-refractivity contribution in [2.24, 2.45) is 11.3 Å². The fourth-order valence-electron chi connectivity index (χ4n) is 3.32. The Morgan fingerprint density at radius 3 is 2.72 bits per heavy atom. The minimum atomic E-state index is 0.0608. The average molecular weight is 254 g/mol. The van der Waals surface area contributed by atoms with Crippen molar-refractivity contribution >= 4 is 6.03 Å². The van der Waals surface area contributed by atoms with E-state index in [1.54, 1.807) is 0 Å². The van der Waals surface area contributed by atoms with Gasteiger partial charge in [0, 0.05) is 32.2 Å². The highest BCUT2D eigenvalue weighted by Crippen LogP contribution is 2.40. The highest BCUT2D eigenvalue weighted by molar-refractivity contribution is 5.74. The summed E-state index contributed by atoms with van der Waals surface area (Å²) in [6, 6.07) is 0.0608. The SMILES string of the molecule is CCC1(CNC(=O)N2CCC(CO)C2)CCCC1. The summed E-state index contributed by atoms with van der Waals surface area (Å²) in [5, 5.41) is 12.2. The van der Waals surface area contributed by atoms with Crippen LogP contribution < -0.4 is 5.32 Å². The lowest BCUT2D eigenvalue weighted by Gasteiger charge is -2.29. The molecule has 104 valence electrons. The van der Waals surface area contributed by atoms with E-state index in [4.69, 9.17) is 5.11 Å². The molecule has 0 aromatic rings. The van der Waals surface area contributed by atoms with E-state index in [0.717, 1.165) is 25.9 Å². The van der Waals surface area contributed by atoms with E-state index in [-0.39, 0.29) is 18.6 Å². The number of hydrogen-bond donors (Lipinski definition) is 2. The molecule has 1 saturated heterocycles. The van der Waals surface area contributed by atoms with Gasteiger partial charge in [-0.3, -0.25) is 0 Å². The number of nitrogens with one attached hydrogen (secondary N) is 1. The summed E-state index contributed by atoms with van der Waals surface area (Å²) in [5.41, 5.74) is 0.353. The predicted molar refractivity (Wildman–Crippen MR) is 71.4 cm³/mol. The summed E-state index contributed by atoms with van der Waals surface area (Å²) in [6.45, 7) is 4.75. The lowest BCUT2D eigenvalue weighted by atomic mass is 9.83. The van der Waals surface area contributed by atoms with Gasteiger partial charge in [-0.2, -0.15) is 0 Å². The zero-order valence-electron chi connectivity index (χ0n) is 11.5. The zero-order valence-corrected chi connectivity index (χ0v) is 11.5. The molecule has 1 aliphatic carbocycles. The molecule has 1 saturated carbocycles. The lowest BCUT2D eigenvalue weighted by molar-refractivity contribution is 0.188. The first-order chi connectivity index (χ1) is 8.69. The number of urea groups is 1. The molecule has 1 atom stereocenters. The molecule has 2 N–H and O–H groups in total. The predicted octanol–water partition coefficient (Wildman–Crippen LogP) is 1.98. The number of rotatable bonds is 4. The van der Waals surface area contributed by atoms with Gasteiger partial charge in [0.25, 0.3) is 0 Å². The molecule has 1 heterocycles. The third-order valence-corrected chi connectivity index (χ3v) is 4.86. The maximum absolute atomic E-state index is 12.1. The van der Waals surface area contributed by atoms with Gasteiger partial charge in [0.1, 0.15) is 0 Å². The van der Waals surface area contributed by atoms with Crippen LogP contribution in [0.3, 0.4) is 0 Å². The largest absolute Gasteiger partial charge is 0.396 e. The van der Waals surface area contributed by atoms with E-state index in [1.165, 1.54) is 25.7 Å². The second-order valence-electron chi connectivity index (χ2n) is 6.00. The quantitative estimate of drug-likeness (QED) is 0.806. The molecule has 1 aliphatic heterocycles. The zero-order chi connectivity index (χ0) is 13.0. The highest BCUT2D eigenvalue weighted by atomic mass is 16.3. The lowest BCUT2D eigenvalue weighted by Crippen LogP contribution is -2.43. The molecule has 2 aliphatic rings. The third-order valence-electron chi connectivity index (χ3n) is 4.86. The van der Waals surface area contributed by atoms with Gasteiger partial charge in [0.2, 0.25) is 0 Å². The van der Waals surface area contributed by atoms with E-state index in [0.29, 0.717) is 12.0 Å². The molecule has 2 amide bonds. The van der Waals surface area contributed by atoms with Crippen LogP contribution in [0.15, 0.2) is 0 Å². The minimum Gasteiger partial charge on any atom is -0.396 e. The second kappa shape index (κ2) is 5.91. The topological polar surface area (TPSA) is 52.6 Å². The van der Waals surface area contributed by atoms with Crippen molar-refractivity contribution in [1.82, 2.24) is 10.2 Å². The van der Waals surface area contributed by atoms with Gasteiger partial charge < -0.3 is 15.3 Å². The van der Waals surface area contributed by atoms with Crippen LogP contribution in [-0.2, 0) is 0 Å². The van der Waals surface area contributed by atoms with Gasteiger partial charge in [0.05, 0.1) is 0 Å². The van der Waals surface area contributed by atoms with E-state index in [2.05, 4.69) is 12.2 Å². The van der Waals surface area contributed by atoms with Crippen LogP contribution in [0.2, 0.25) is 0 Å². The van der Waals surface area contributed by atoms with Gasteiger partial charge in [-0.05, 0) is 31.1 Å². The Kier molecular flexibility index (Phi) is 4.49. The van der Waals surface area contributed by atoms with Crippen molar-refractivity contribution < 1.29 is 9.90 Å². The maximum atomic E-state index is 12.1. The molecule has 2 fully saturated rings. The van der Waals surface area contributed by atoms with Crippen LogP contribution in [0, 0.1) is 11.3 Å². The van der Waals surface area contributed by atoms with Gasteiger partial charge in [-0.1, -0.05) is 19.8 Å². The van der Waals surface area contributed by atoms with Gasteiger partial charge in [-0.25, -0.2) is 4.79 Å². The number of aliphatic hydroxyl groups is 1. The number of carbonyl (C=O) groups excluding carboxylic acids is 1. The normalized spacial score (nSPS) is 26.6. The van der Waals surface area contributed by atoms with Crippen molar-refractivity contribution in [2.45, 2.75) is 45.4 Å². The van der Waals surface area contributed by atoms with E-state index in [9.17, 15) is 4.79 Å². The number of carbonyl (C=O) groups is 1. The molecule has 0 radical (unpaired) electrons. The van der Waals surface area contributed by atoms with Crippen LogP contribution in [0.4, 0.5) is 4.79 Å². The average Bonchev–Trinajstić information content (AvgIpc) is 3.05. The summed E-state index contributed by atoms with van der Waals surface area (Å²) >= 11 is 0. The first-order valence-electron chi connectivity index (χ1n) is 7.33. The van der Waals surface area contributed by atoms with Crippen molar-refractivity contribution in [3.05, 3.63) is 0 Å². The van der Waals surface area contributed by atoms with Gasteiger partial charge >= 0.3 is 6.03 Å². The highest BCUT2D eigenvalue weighted by Gasteiger charge is 2.33. The van der Waals surface area contributed by atoms with Gasteiger partial charge in [-0.15, -0.1) is 0 Å². The summed E-state index contributed by atoms with van der Waals surface area (Å²) in [6.07, 6.45) is 7.21. The van der Waals surface area contributed by atoms with Crippen LogP contribution in [0.1, 0.15) is 45.4 Å². The summed E-state index contributed by atoms with van der Waals surface area (Å²) < 4.78 is 0. The van der Waals surface area contributed by atoms with Crippen LogP contribution in [-0.4, -0.2) is 42.3 Å². The standard InChI is InChI=1S/C14H26N2O2/c1-2-14(6-3-4-7-14)11-15-13(18)16-8-5-12(9-16)10-17/h12,17H,2-11H2,1H3,(H,15,18). The molecule has 4 heteroatoms. The number of nitrogens with zero attached hydrogens (tertiary/aromatic N) is 1. The molecule has 0 aromatic carbocycles. The van der Waals surface area contributed by atoms with Crippen molar-refractivity contribution in [2.75, 3.05) is 26.2 Å². The van der Waals surface area contributed by atoms with Crippen molar-refractivity contribution in [3.8, 4) is 0 Å². The molecule has 1 unspecified atom stereocenters. The summed E-state index contributed by atoms with van der Waals surface area (Å²) in [4.78, 5) is 13.9. The second-order valence-corrected chi connectivity index (χ2v) is 6.00. The van der Waals surface area contributed by atoms with Crippen molar-refractivity contribution in [3.63, 3.8) is 0 Å². The number of hydrogen-bond acceptors (Lipinski definition) is 2. The summed E-state index contributed by atoms with van der Waals surface area (Å²) in [7, 11) is 0. The molecule has 2 rings (SSSR count). The monoisotopic (exact) mass is 254 g/mol. The number of aliphatic hydroxyl groups excluding tert-OH is 1. The van der Waals surface area contributed by atoms with E-state index < -0.39 is 0 Å². The smallest absolute Gasteiger partial charge is 0.317 e. The molecule has 18 heavy (non-hydrogen) atoms. The number of amides is 2.